The molecule has 0 unspecified atom stereocenters. The molecule has 0 aromatic heterocycles. The van der Waals surface area contributed by atoms with E-state index in [0.29, 0.717) is 6.61 Å². The maximum absolute atomic E-state index is 8.97. The average Bonchev–Trinajstić information content (AvgIpc) is 2.47. The fraction of sp³-hybridized carbons (Fsp3) is 0.250. The van der Waals surface area contributed by atoms with Gasteiger partial charge < -0.3 is 15.2 Å². The maximum Gasteiger partial charge on any atom is 0.119 e. The molecular weight excluding hydrogens is 238 g/mol. The second-order valence-electron chi connectivity index (χ2n) is 4.44. The zero-order chi connectivity index (χ0) is 13.5. The van der Waals surface area contributed by atoms with E-state index < -0.39 is 0 Å². The highest BCUT2D eigenvalue weighted by Crippen LogP contribution is 2.14. The van der Waals surface area contributed by atoms with Crippen molar-refractivity contribution in [3.8, 4) is 5.75 Å². The summed E-state index contributed by atoms with van der Waals surface area (Å²) in [5.41, 5.74) is 3.25. The molecule has 0 saturated heterocycles. The number of ether oxygens (including phenoxy) is 1. The van der Waals surface area contributed by atoms with Crippen LogP contribution in [0.2, 0.25) is 0 Å². The first-order valence-electron chi connectivity index (χ1n) is 6.37. The molecule has 0 spiro atoms. The van der Waals surface area contributed by atoms with E-state index >= 15 is 0 Å². The highest BCUT2D eigenvalue weighted by atomic mass is 16.5. The maximum atomic E-state index is 8.97. The van der Waals surface area contributed by atoms with E-state index in [0.717, 1.165) is 23.4 Å². The van der Waals surface area contributed by atoms with Gasteiger partial charge in [0, 0.05) is 6.54 Å². The van der Waals surface area contributed by atoms with Gasteiger partial charge in [-0.3, -0.25) is 0 Å². The van der Waals surface area contributed by atoms with Crippen LogP contribution >= 0.6 is 0 Å². The fourth-order valence-corrected chi connectivity index (χ4v) is 1.82. The summed E-state index contributed by atoms with van der Waals surface area (Å²) < 4.78 is 5.72. The molecule has 100 valence electrons. The van der Waals surface area contributed by atoms with Gasteiger partial charge in [-0.25, -0.2) is 0 Å². The summed E-state index contributed by atoms with van der Waals surface area (Å²) in [5.74, 6) is 0.867. The highest BCUT2D eigenvalue weighted by molar-refractivity contribution is 5.28. The lowest BCUT2D eigenvalue weighted by Gasteiger charge is -2.08. The highest BCUT2D eigenvalue weighted by Gasteiger charge is 1.97. The Labute approximate surface area is 113 Å². The number of hydrogen-bond donors (Lipinski definition) is 2. The number of nitrogens with one attached hydrogen (secondary N) is 1. The van der Waals surface area contributed by atoms with Crippen molar-refractivity contribution in [2.24, 2.45) is 0 Å². The topological polar surface area (TPSA) is 41.5 Å². The lowest BCUT2D eigenvalue weighted by Crippen LogP contribution is -2.04. The Morgan fingerprint density at radius 3 is 2.05 bits per heavy atom. The molecule has 0 radical (unpaired) electrons. The third-order valence-electron chi connectivity index (χ3n) is 2.92. The van der Waals surface area contributed by atoms with Crippen LogP contribution in [0.25, 0.3) is 0 Å². The minimum Gasteiger partial charge on any atom is -0.489 e. The number of aliphatic hydroxyl groups excluding tert-OH is 1. The molecule has 0 saturated carbocycles. The smallest absolute Gasteiger partial charge is 0.119 e. The average molecular weight is 257 g/mol. The van der Waals surface area contributed by atoms with Gasteiger partial charge in [0.15, 0.2) is 0 Å². The Balaban J connectivity index is 1.90. The Hall–Kier alpha value is -1.84. The van der Waals surface area contributed by atoms with Crippen LogP contribution in [0.4, 0.5) is 0 Å². The molecule has 2 N–H and O–H groups in total. The molecular formula is C16H19NO2. The standard InChI is InChI=1S/C16H19NO2/c1-17-10-13-6-8-16(9-7-13)19-12-15-4-2-14(11-18)3-5-15/h2-9,17-18H,10-12H2,1H3. The Morgan fingerprint density at radius 2 is 1.47 bits per heavy atom. The van der Waals surface area contributed by atoms with Crippen molar-refractivity contribution in [3.05, 3.63) is 65.2 Å². The molecule has 0 aliphatic heterocycles. The molecule has 0 fully saturated rings. The van der Waals surface area contributed by atoms with Crippen LogP contribution in [0.5, 0.6) is 5.75 Å². The van der Waals surface area contributed by atoms with Crippen molar-refractivity contribution in [1.82, 2.24) is 5.32 Å². The normalized spacial score (nSPS) is 10.4. The monoisotopic (exact) mass is 257 g/mol. The van der Waals surface area contributed by atoms with E-state index in [1.807, 2.05) is 43.4 Å². The molecule has 2 aromatic rings. The summed E-state index contributed by atoms with van der Waals surface area (Å²) >= 11 is 0. The predicted molar refractivity (Wildman–Crippen MR) is 75.9 cm³/mol. The summed E-state index contributed by atoms with van der Waals surface area (Å²) in [6.07, 6.45) is 0. The third kappa shape index (κ3) is 4.09. The van der Waals surface area contributed by atoms with E-state index in [-0.39, 0.29) is 6.61 Å². The molecule has 2 rings (SSSR count). The summed E-state index contributed by atoms with van der Waals surface area (Å²) in [4.78, 5) is 0. The van der Waals surface area contributed by atoms with Gasteiger partial charge in [-0.15, -0.1) is 0 Å². The molecule has 0 bridgehead atoms. The number of rotatable bonds is 6. The SMILES string of the molecule is CNCc1ccc(OCc2ccc(CO)cc2)cc1. The van der Waals surface area contributed by atoms with E-state index in [9.17, 15) is 0 Å². The lowest BCUT2D eigenvalue weighted by atomic mass is 10.1. The fourth-order valence-electron chi connectivity index (χ4n) is 1.82. The van der Waals surface area contributed by atoms with Gasteiger partial charge in [0.1, 0.15) is 12.4 Å². The van der Waals surface area contributed by atoms with E-state index in [4.69, 9.17) is 9.84 Å². The molecule has 2 aromatic carbocycles. The number of benzene rings is 2. The van der Waals surface area contributed by atoms with E-state index in [2.05, 4.69) is 17.4 Å². The quantitative estimate of drug-likeness (QED) is 0.835. The molecule has 0 heterocycles. The first kappa shape index (κ1) is 13.6. The van der Waals surface area contributed by atoms with Crippen molar-refractivity contribution in [1.29, 1.82) is 0 Å². The van der Waals surface area contributed by atoms with Crippen LogP contribution in [0.3, 0.4) is 0 Å². The van der Waals surface area contributed by atoms with Crippen molar-refractivity contribution < 1.29 is 9.84 Å². The molecule has 0 aliphatic rings. The van der Waals surface area contributed by atoms with Crippen LogP contribution in [0.1, 0.15) is 16.7 Å². The summed E-state index contributed by atoms with van der Waals surface area (Å²) in [6, 6.07) is 15.8. The first-order chi connectivity index (χ1) is 9.31. The van der Waals surface area contributed by atoms with Gasteiger partial charge in [0.25, 0.3) is 0 Å². The molecule has 19 heavy (non-hydrogen) atoms. The van der Waals surface area contributed by atoms with Gasteiger partial charge in [0.2, 0.25) is 0 Å². The van der Waals surface area contributed by atoms with Gasteiger partial charge in [-0.1, -0.05) is 36.4 Å². The molecule has 3 heteroatoms. The van der Waals surface area contributed by atoms with E-state index in [1.54, 1.807) is 0 Å². The van der Waals surface area contributed by atoms with Crippen LogP contribution in [0, 0.1) is 0 Å². The van der Waals surface area contributed by atoms with Crippen molar-refractivity contribution >= 4 is 0 Å². The van der Waals surface area contributed by atoms with Crippen LogP contribution in [0.15, 0.2) is 48.5 Å². The number of aliphatic hydroxyl groups is 1. The Morgan fingerprint density at radius 1 is 0.895 bits per heavy atom. The summed E-state index contributed by atoms with van der Waals surface area (Å²) in [7, 11) is 1.93. The zero-order valence-electron chi connectivity index (χ0n) is 11.1. The Kier molecular flexibility index (Phi) is 4.95. The predicted octanol–water partition coefficient (Wildman–Crippen LogP) is 2.48. The van der Waals surface area contributed by atoms with Gasteiger partial charge >= 0.3 is 0 Å². The van der Waals surface area contributed by atoms with Gasteiger partial charge in [0.05, 0.1) is 6.61 Å². The van der Waals surface area contributed by atoms with Crippen molar-refractivity contribution in [2.75, 3.05) is 7.05 Å². The van der Waals surface area contributed by atoms with Crippen LogP contribution in [-0.4, -0.2) is 12.2 Å². The summed E-state index contributed by atoms with van der Waals surface area (Å²) in [5, 5.41) is 12.1. The second-order valence-corrected chi connectivity index (χ2v) is 4.44. The molecule has 0 amide bonds. The summed E-state index contributed by atoms with van der Waals surface area (Å²) in [6.45, 7) is 1.48. The lowest BCUT2D eigenvalue weighted by molar-refractivity contribution is 0.281. The minimum absolute atomic E-state index is 0.0774. The minimum atomic E-state index is 0.0774. The first-order valence-corrected chi connectivity index (χ1v) is 6.37. The van der Waals surface area contributed by atoms with Crippen LogP contribution in [-0.2, 0) is 19.8 Å². The number of hydrogen-bond acceptors (Lipinski definition) is 3. The van der Waals surface area contributed by atoms with E-state index in [1.165, 1.54) is 5.56 Å². The molecule has 0 atom stereocenters. The second kappa shape index (κ2) is 6.92. The zero-order valence-corrected chi connectivity index (χ0v) is 11.1. The largest absolute Gasteiger partial charge is 0.489 e. The van der Waals surface area contributed by atoms with Gasteiger partial charge in [-0.05, 0) is 35.9 Å². The van der Waals surface area contributed by atoms with Crippen molar-refractivity contribution in [3.63, 3.8) is 0 Å². The van der Waals surface area contributed by atoms with Crippen LogP contribution < -0.4 is 10.1 Å². The molecule has 3 nitrogen and oxygen atoms in total. The Bertz CT molecular complexity index is 491. The third-order valence-corrected chi connectivity index (χ3v) is 2.92. The van der Waals surface area contributed by atoms with Gasteiger partial charge in [-0.2, -0.15) is 0 Å². The van der Waals surface area contributed by atoms with Crippen molar-refractivity contribution in [2.45, 2.75) is 19.8 Å². The molecule has 0 aliphatic carbocycles.